The molecule has 1 aliphatic heterocycles. The van der Waals surface area contributed by atoms with Gasteiger partial charge in [0.2, 0.25) is 5.88 Å². The fourth-order valence-corrected chi connectivity index (χ4v) is 3.83. The van der Waals surface area contributed by atoms with Gasteiger partial charge in [-0.05, 0) is 25.8 Å². The predicted octanol–water partition coefficient (Wildman–Crippen LogP) is 0.855. The number of amides is 2. The molecule has 0 aromatic carbocycles. The van der Waals surface area contributed by atoms with Gasteiger partial charge in [0.25, 0.3) is 0 Å². The summed E-state index contributed by atoms with van der Waals surface area (Å²) in [6, 6.07) is 2.90. The molecule has 2 heterocycles. The van der Waals surface area contributed by atoms with Crippen LogP contribution in [-0.4, -0.2) is 43.1 Å². The van der Waals surface area contributed by atoms with Gasteiger partial charge in [-0.1, -0.05) is 6.07 Å². The number of ether oxygens (including phenoxy) is 1. The molecule has 1 aromatic rings. The van der Waals surface area contributed by atoms with Gasteiger partial charge in [0.05, 0.1) is 17.6 Å². The van der Waals surface area contributed by atoms with Crippen LogP contribution < -0.4 is 15.4 Å². The lowest BCUT2D eigenvalue weighted by Crippen LogP contribution is -2.42. The molecule has 1 saturated heterocycles. The summed E-state index contributed by atoms with van der Waals surface area (Å²) in [5, 5.41) is 5.36. The van der Waals surface area contributed by atoms with Crippen molar-refractivity contribution >= 4 is 15.9 Å². The Kier molecular flexibility index (Phi) is 5.23. The maximum atomic E-state index is 11.7. The molecule has 1 aliphatic rings. The lowest BCUT2D eigenvalue weighted by atomic mass is 10.2. The van der Waals surface area contributed by atoms with Crippen molar-refractivity contribution in [3.05, 3.63) is 23.9 Å². The van der Waals surface area contributed by atoms with Crippen molar-refractivity contribution in [3.8, 4) is 5.88 Å². The standard InChI is InChI=1S/C14H21N3O4S/c1-10(2)21-13-4-3-11(7-15-13)8-16-14(18)17-12-5-6-22(19,20)9-12/h3-4,7,10,12H,5-6,8-9H2,1-2H3,(H2,16,17,18)/t12-/m1/s1. The van der Waals surface area contributed by atoms with Crippen molar-refractivity contribution in [2.24, 2.45) is 0 Å². The zero-order valence-electron chi connectivity index (χ0n) is 12.7. The summed E-state index contributed by atoms with van der Waals surface area (Å²) in [7, 11) is -2.99. The monoisotopic (exact) mass is 327 g/mol. The number of nitrogens with zero attached hydrogens (tertiary/aromatic N) is 1. The third-order valence-electron chi connectivity index (χ3n) is 3.17. The fourth-order valence-electron chi connectivity index (χ4n) is 2.15. The van der Waals surface area contributed by atoms with E-state index in [-0.39, 0.29) is 29.7 Å². The minimum Gasteiger partial charge on any atom is -0.475 e. The Bertz CT molecular complexity index is 613. The van der Waals surface area contributed by atoms with E-state index in [1.807, 2.05) is 19.9 Å². The number of pyridine rings is 1. The van der Waals surface area contributed by atoms with Crippen molar-refractivity contribution in [2.45, 2.75) is 39.0 Å². The maximum absolute atomic E-state index is 11.7. The zero-order chi connectivity index (χ0) is 16.2. The van der Waals surface area contributed by atoms with E-state index in [1.54, 1.807) is 12.3 Å². The van der Waals surface area contributed by atoms with Crippen LogP contribution in [0.1, 0.15) is 25.8 Å². The maximum Gasteiger partial charge on any atom is 0.315 e. The molecule has 0 unspecified atom stereocenters. The predicted molar refractivity (Wildman–Crippen MR) is 82.4 cm³/mol. The van der Waals surface area contributed by atoms with E-state index < -0.39 is 9.84 Å². The Morgan fingerprint density at radius 1 is 1.45 bits per heavy atom. The summed E-state index contributed by atoms with van der Waals surface area (Å²) in [6.07, 6.45) is 2.17. The number of hydrogen-bond acceptors (Lipinski definition) is 5. The summed E-state index contributed by atoms with van der Waals surface area (Å²) in [5.41, 5.74) is 0.838. The van der Waals surface area contributed by atoms with Crippen LogP contribution in [0.5, 0.6) is 5.88 Å². The molecule has 22 heavy (non-hydrogen) atoms. The molecule has 2 amide bonds. The summed E-state index contributed by atoms with van der Waals surface area (Å²) in [4.78, 5) is 15.9. The number of sulfone groups is 1. The zero-order valence-corrected chi connectivity index (χ0v) is 13.5. The third-order valence-corrected chi connectivity index (χ3v) is 4.94. The normalized spacial score (nSPS) is 19.9. The minimum atomic E-state index is -2.99. The van der Waals surface area contributed by atoms with Crippen LogP contribution in [0, 0.1) is 0 Å². The Morgan fingerprint density at radius 2 is 2.23 bits per heavy atom. The smallest absolute Gasteiger partial charge is 0.315 e. The molecule has 0 saturated carbocycles. The highest BCUT2D eigenvalue weighted by Gasteiger charge is 2.28. The van der Waals surface area contributed by atoms with Gasteiger partial charge in [-0.15, -0.1) is 0 Å². The van der Waals surface area contributed by atoms with Crippen LogP contribution in [0.4, 0.5) is 4.79 Å². The highest BCUT2D eigenvalue weighted by Crippen LogP contribution is 2.11. The number of nitrogens with one attached hydrogen (secondary N) is 2. The van der Waals surface area contributed by atoms with E-state index in [1.165, 1.54) is 0 Å². The molecule has 122 valence electrons. The van der Waals surface area contributed by atoms with E-state index in [0.717, 1.165) is 5.56 Å². The molecular weight excluding hydrogens is 306 g/mol. The summed E-state index contributed by atoms with van der Waals surface area (Å²) < 4.78 is 28.1. The summed E-state index contributed by atoms with van der Waals surface area (Å²) >= 11 is 0. The van der Waals surface area contributed by atoms with Crippen molar-refractivity contribution in [1.82, 2.24) is 15.6 Å². The van der Waals surface area contributed by atoms with E-state index in [2.05, 4.69) is 15.6 Å². The van der Waals surface area contributed by atoms with Gasteiger partial charge in [-0.2, -0.15) is 0 Å². The Balaban J connectivity index is 1.76. The molecule has 2 N–H and O–H groups in total. The topological polar surface area (TPSA) is 97.4 Å². The first-order valence-corrected chi connectivity index (χ1v) is 9.02. The largest absolute Gasteiger partial charge is 0.475 e. The van der Waals surface area contributed by atoms with Crippen LogP contribution in [-0.2, 0) is 16.4 Å². The third kappa shape index (κ3) is 5.18. The molecular formula is C14H21N3O4S. The summed E-state index contributed by atoms with van der Waals surface area (Å²) in [6.45, 7) is 4.16. The first kappa shape index (κ1) is 16.5. The average Bonchev–Trinajstić information content (AvgIpc) is 2.76. The molecule has 0 spiro atoms. The quantitative estimate of drug-likeness (QED) is 0.836. The molecule has 0 bridgehead atoms. The van der Waals surface area contributed by atoms with Crippen LogP contribution in [0.2, 0.25) is 0 Å². The first-order chi connectivity index (χ1) is 10.3. The molecule has 2 rings (SSSR count). The van der Waals surface area contributed by atoms with Crippen molar-refractivity contribution in [3.63, 3.8) is 0 Å². The van der Waals surface area contributed by atoms with Crippen LogP contribution in [0.15, 0.2) is 18.3 Å². The number of hydrogen-bond donors (Lipinski definition) is 2. The number of aromatic nitrogens is 1. The number of carbonyl (C=O) groups excluding carboxylic acids is 1. The second kappa shape index (κ2) is 6.95. The van der Waals surface area contributed by atoms with Crippen molar-refractivity contribution in [1.29, 1.82) is 0 Å². The number of carbonyl (C=O) groups is 1. The second-order valence-corrected chi connectivity index (χ2v) is 7.83. The van der Waals surface area contributed by atoms with Gasteiger partial charge in [0, 0.05) is 24.8 Å². The van der Waals surface area contributed by atoms with Gasteiger partial charge in [0.1, 0.15) is 0 Å². The van der Waals surface area contributed by atoms with Gasteiger partial charge in [-0.3, -0.25) is 0 Å². The Morgan fingerprint density at radius 3 is 2.77 bits per heavy atom. The number of urea groups is 1. The minimum absolute atomic E-state index is 0.0171. The lowest BCUT2D eigenvalue weighted by Gasteiger charge is -2.12. The van der Waals surface area contributed by atoms with Crippen molar-refractivity contribution in [2.75, 3.05) is 11.5 Å². The van der Waals surface area contributed by atoms with E-state index in [4.69, 9.17) is 4.74 Å². The molecule has 7 nitrogen and oxygen atoms in total. The SMILES string of the molecule is CC(C)Oc1ccc(CNC(=O)N[C@@H]2CCS(=O)(=O)C2)cn1. The lowest BCUT2D eigenvalue weighted by molar-refractivity contribution is 0.232. The molecule has 1 aromatic heterocycles. The summed E-state index contributed by atoms with van der Waals surface area (Å²) in [5.74, 6) is 0.696. The van der Waals surface area contributed by atoms with E-state index >= 15 is 0 Å². The molecule has 0 aliphatic carbocycles. The highest BCUT2D eigenvalue weighted by molar-refractivity contribution is 7.91. The van der Waals surface area contributed by atoms with Gasteiger partial charge < -0.3 is 15.4 Å². The molecule has 8 heteroatoms. The van der Waals surface area contributed by atoms with Crippen LogP contribution in [0.25, 0.3) is 0 Å². The first-order valence-electron chi connectivity index (χ1n) is 7.20. The van der Waals surface area contributed by atoms with E-state index in [9.17, 15) is 13.2 Å². The average molecular weight is 327 g/mol. The molecule has 1 atom stereocenters. The number of rotatable bonds is 5. The van der Waals surface area contributed by atoms with Crippen molar-refractivity contribution < 1.29 is 17.9 Å². The molecule has 0 radical (unpaired) electrons. The van der Waals surface area contributed by atoms with Crippen LogP contribution in [0.3, 0.4) is 0 Å². The fraction of sp³-hybridized carbons (Fsp3) is 0.571. The van der Waals surface area contributed by atoms with Gasteiger partial charge in [-0.25, -0.2) is 18.2 Å². The Labute approximate surface area is 130 Å². The van der Waals surface area contributed by atoms with E-state index in [0.29, 0.717) is 18.8 Å². The van der Waals surface area contributed by atoms with Gasteiger partial charge in [0.15, 0.2) is 9.84 Å². The van der Waals surface area contributed by atoms with Crippen LogP contribution >= 0.6 is 0 Å². The highest BCUT2D eigenvalue weighted by atomic mass is 32.2. The second-order valence-electron chi connectivity index (χ2n) is 5.60. The van der Waals surface area contributed by atoms with Gasteiger partial charge >= 0.3 is 6.03 Å². The Hall–Kier alpha value is -1.83. The molecule has 1 fully saturated rings.